The molecule has 6 rings (SSSR count). The normalized spacial score (nSPS) is 15.7. The van der Waals surface area contributed by atoms with Crippen LogP contribution in [0.15, 0.2) is 55.1 Å². The largest absolute Gasteiger partial charge is 0.475 e. The number of hydrogen-bond acceptors (Lipinski definition) is 9. The lowest BCUT2D eigenvalue weighted by atomic mass is 9.73. The van der Waals surface area contributed by atoms with Gasteiger partial charge in [-0.2, -0.15) is 0 Å². The van der Waals surface area contributed by atoms with Gasteiger partial charge in [-0.3, -0.25) is 19.5 Å². The van der Waals surface area contributed by atoms with Gasteiger partial charge in [-0.15, -0.1) is 0 Å². The molecular weight excluding hydrogens is 573 g/mol. The summed E-state index contributed by atoms with van der Waals surface area (Å²) in [5, 5.41) is 3.87. The van der Waals surface area contributed by atoms with Crippen LogP contribution < -0.4 is 24.6 Å². The molecule has 2 aliphatic rings. The van der Waals surface area contributed by atoms with Crippen LogP contribution in [0.25, 0.3) is 22.0 Å². The maximum Gasteiger partial charge on any atom is 0.241 e. The van der Waals surface area contributed by atoms with E-state index in [1.54, 1.807) is 36.6 Å². The third-order valence-electron chi connectivity index (χ3n) is 7.79. The first-order valence-electron chi connectivity index (χ1n) is 13.9. The summed E-state index contributed by atoms with van der Waals surface area (Å²) in [4.78, 5) is 30.3. The van der Waals surface area contributed by atoms with Crippen LogP contribution in [0.4, 0.5) is 21.5 Å². The number of anilines is 3. The number of sulfonamides is 1. The van der Waals surface area contributed by atoms with Gasteiger partial charge in [0, 0.05) is 85.1 Å². The molecule has 0 atom stereocenters. The molecule has 11 nitrogen and oxygen atoms in total. The van der Waals surface area contributed by atoms with Crippen molar-refractivity contribution in [1.82, 2.24) is 20.3 Å². The molecule has 43 heavy (non-hydrogen) atoms. The minimum atomic E-state index is -3.69. The number of hydrogen-bond donors (Lipinski definition) is 2. The third kappa shape index (κ3) is 5.23. The lowest BCUT2D eigenvalue weighted by molar-refractivity contribution is -0.123. The highest BCUT2D eigenvalue weighted by Crippen LogP contribution is 2.51. The molecule has 1 spiro atoms. The first-order valence-corrected chi connectivity index (χ1v) is 15.8. The topological polar surface area (TPSA) is 130 Å². The summed E-state index contributed by atoms with van der Waals surface area (Å²) in [7, 11) is -1.96. The number of fused-ring (bicyclic) bond motifs is 4. The first kappa shape index (κ1) is 28.7. The van der Waals surface area contributed by atoms with Gasteiger partial charge in [0.2, 0.25) is 21.8 Å². The second-order valence-corrected chi connectivity index (χ2v) is 13.0. The molecule has 0 aliphatic carbocycles. The number of carbonyl (C=O) groups excluding carboxylic acids is 1. The molecule has 2 aliphatic heterocycles. The van der Waals surface area contributed by atoms with Gasteiger partial charge in [-0.05, 0) is 24.3 Å². The van der Waals surface area contributed by atoms with E-state index in [2.05, 4.69) is 29.9 Å². The fraction of sp³-hybridized carbons (Fsp3) is 0.333. The van der Waals surface area contributed by atoms with Crippen LogP contribution >= 0.6 is 0 Å². The van der Waals surface area contributed by atoms with Gasteiger partial charge in [-0.25, -0.2) is 17.8 Å². The van der Waals surface area contributed by atoms with E-state index in [1.807, 2.05) is 26.0 Å². The van der Waals surface area contributed by atoms with Gasteiger partial charge in [0.1, 0.15) is 23.5 Å². The molecule has 13 heteroatoms. The number of nitrogens with one attached hydrogen (secondary N) is 2. The standard InChI is InChI=1S/C30H32FN7O4S/c1-18(2)33-9-10-42-28-25(36-43(4,40)41)11-19(14-35-28)21-12-22-24(13-23(21)31)34-15-26-27(22)30(29(39)37(26)3)16-38(17-30)20-5-7-32-8-6-20/h5-8,11-15,18,33,36H,9-10,16-17H2,1-4H3. The van der Waals surface area contributed by atoms with Crippen LogP contribution in [0.2, 0.25) is 0 Å². The van der Waals surface area contributed by atoms with Crippen molar-refractivity contribution in [2.45, 2.75) is 25.3 Å². The number of pyridine rings is 3. The van der Waals surface area contributed by atoms with E-state index >= 15 is 4.39 Å². The monoisotopic (exact) mass is 605 g/mol. The molecule has 2 N–H and O–H groups in total. The molecule has 1 saturated heterocycles. The minimum Gasteiger partial charge on any atom is -0.475 e. The van der Waals surface area contributed by atoms with Crippen molar-refractivity contribution >= 4 is 43.9 Å². The van der Waals surface area contributed by atoms with Crippen molar-refractivity contribution in [3.8, 4) is 17.0 Å². The van der Waals surface area contributed by atoms with Crippen molar-refractivity contribution in [2.75, 3.05) is 54.1 Å². The second-order valence-electron chi connectivity index (χ2n) is 11.3. The predicted octanol–water partition coefficient (Wildman–Crippen LogP) is 3.31. The van der Waals surface area contributed by atoms with E-state index in [1.165, 1.54) is 18.3 Å². The van der Waals surface area contributed by atoms with E-state index in [9.17, 15) is 13.2 Å². The number of rotatable bonds is 9. The van der Waals surface area contributed by atoms with E-state index in [0.29, 0.717) is 41.8 Å². The van der Waals surface area contributed by atoms with E-state index in [-0.39, 0.29) is 35.7 Å². The van der Waals surface area contributed by atoms with Gasteiger partial charge >= 0.3 is 0 Å². The van der Waals surface area contributed by atoms with Crippen LogP contribution in [0.1, 0.15) is 19.4 Å². The quantitative estimate of drug-likeness (QED) is 0.276. The summed E-state index contributed by atoms with van der Waals surface area (Å²) < 4.78 is 48.1. The average Bonchev–Trinajstić information content (AvgIpc) is 3.16. The van der Waals surface area contributed by atoms with Crippen LogP contribution in [-0.4, -0.2) is 74.9 Å². The Morgan fingerprint density at radius 2 is 1.86 bits per heavy atom. The van der Waals surface area contributed by atoms with Crippen molar-refractivity contribution in [3.63, 3.8) is 0 Å². The number of nitrogens with zero attached hydrogens (tertiary/aromatic N) is 5. The van der Waals surface area contributed by atoms with Crippen LogP contribution in [-0.2, 0) is 20.2 Å². The van der Waals surface area contributed by atoms with E-state index < -0.39 is 21.3 Å². The van der Waals surface area contributed by atoms with E-state index in [4.69, 9.17) is 4.74 Å². The van der Waals surface area contributed by atoms with Crippen molar-refractivity contribution in [3.05, 3.63) is 66.5 Å². The Balaban J connectivity index is 1.41. The predicted molar refractivity (Wildman–Crippen MR) is 164 cm³/mol. The fourth-order valence-electron chi connectivity index (χ4n) is 5.84. The van der Waals surface area contributed by atoms with Gasteiger partial charge < -0.3 is 19.9 Å². The summed E-state index contributed by atoms with van der Waals surface area (Å²) in [6, 6.07) is 8.58. The Bertz CT molecular complexity index is 1830. The Hall–Kier alpha value is -4.36. The number of aromatic nitrogens is 3. The molecule has 0 radical (unpaired) electrons. The highest BCUT2D eigenvalue weighted by molar-refractivity contribution is 7.92. The third-order valence-corrected chi connectivity index (χ3v) is 8.38. The molecule has 1 amide bonds. The number of amides is 1. The molecule has 1 aromatic carbocycles. The lowest BCUT2D eigenvalue weighted by Gasteiger charge is -2.48. The Kier molecular flexibility index (Phi) is 7.17. The zero-order valence-electron chi connectivity index (χ0n) is 24.3. The molecule has 5 heterocycles. The molecule has 0 saturated carbocycles. The fourth-order valence-corrected chi connectivity index (χ4v) is 6.38. The molecular formula is C30H32FN7O4S. The number of benzene rings is 1. The van der Waals surface area contributed by atoms with Gasteiger partial charge in [-0.1, -0.05) is 13.8 Å². The zero-order chi connectivity index (χ0) is 30.5. The zero-order valence-corrected chi connectivity index (χ0v) is 25.1. The van der Waals surface area contributed by atoms with Gasteiger partial charge in [0.15, 0.2) is 0 Å². The lowest BCUT2D eigenvalue weighted by Crippen LogP contribution is -2.64. The van der Waals surface area contributed by atoms with Crippen LogP contribution in [0, 0.1) is 5.82 Å². The molecule has 1 fully saturated rings. The number of halogens is 1. The highest BCUT2D eigenvalue weighted by atomic mass is 32.2. The van der Waals surface area contributed by atoms with Crippen molar-refractivity contribution in [1.29, 1.82) is 0 Å². The second kappa shape index (κ2) is 10.7. The molecule has 3 aromatic heterocycles. The SMILES string of the molecule is CC(C)NCCOc1ncc(-c2cc3c4c(cnc3cc2F)N(C)C(=O)C42CN(c3ccncc3)C2)cc1NS(C)(=O)=O. The number of likely N-dealkylation sites (N-methyl/N-ethyl adjacent to an activating group) is 1. The molecule has 224 valence electrons. The maximum absolute atomic E-state index is 15.6. The summed E-state index contributed by atoms with van der Waals surface area (Å²) in [6.07, 6.45) is 7.52. The number of ether oxygens (including phenoxy) is 1. The average molecular weight is 606 g/mol. The number of carbonyl (C=O) groups is 1. The van der Waals surface area contributed by atoms with E-state index in [0.717, 1.165) is 17.5 Å². The van der Waals surface area contributed by atoms with Crippen LogP contribution in [0.3, 0.4) is 0 Å². The van der Waals surface area contributed by atoms with Crippen molar-refractivity contribution in [2.24, 2.45) is 0 Å². The maximum atomic E-state index is 15.6. The Morgan fingerprint density at radius 3 is 2.56 bits per heavy atom. The highest BCUT2D eigenvalue weighted by Gasteiger charge is 2.58. The first-order chi connectivity index (χ1) is 20.5. The molecule has 0 bridgehead atoms. The Labute approximate surface area is 249 Å². The minimum absolute atomic E-state index is 0.0391. The Morgan fingerprint density at radius 1 is 1.12 bits per heavy atom. The van der Waals surface area contributed by atoms with Crippen molar-refractivity contribution < 1.29 is 22.3 Å². The molecule has 0 unspecified atom stereocenters. The summed E-state index contributed by atoms with van der Waals surface area (Å²) in [5.41, 5.74) is 2.69. The summed E-state index contributed by atoms with van der Waals surface area (Å²) >= 11 is 0. The summed E-state index contributed by atoms with van der Waals surface area (Å²) in [6.45, 7) is 5.71. The van der Waals surface area contributed by atoms with Gasteiger partial charge in [0.25, 0.3) is 0 Å². The van der Waals surface area contributed by atoms with Gasteiger partial charge in [0.05, 0.1) is 23.7 Å². The smallest absolute Gasteiger partial charge is 0.241 e. The van der Waals surface area contributed by atoms with Crippen LogP contribution in [0.5, 0.6) is 5.88 Å². The summed E-state index contributed by atoms with van der Waals surface area (Å²) in [5.74, 6) is -0.510. The molecule has 4 aromatic rings.